The van der Waals surface area contributed by atoms with Gasteiger partial charge in [0.2, 0.25) is 5.91 Å². The summed E-state index contributed by atoms with van der Waals surface area (Å²) in [4.78, 5) is 31.5. The number of aryl methyl sites for hydroxylation is 1. The fraction of sp³-hybridized carbons (Fsp3) is 0.190. The Balaban J connectivity index is 1.68. The molecular weight excluding hydrogens is 410 g/mol. The summed E-state index contributed by atoms with van der Waals surface area (Å²) >= 11 is 7.23. The number of anilines is 1. The second-order valence-electron chi connectivity index (χ2n) is 6.38. The molecule has 0 saturated heterocycles. The smallest absolute Gasteiger partial charge is 0.266 e. The Morgan fingerprint density at radius 2 is 1.93 bits per heavy atom. The van der Waals surface area contributed by atoms with Crippen LogP contribution in [-0.2, 0) is 4.79 Å². The van der Waals surface area contributed by atoms with E-state index in [-0.39, 0.29) is 18.4 Å². The van der Waals surface area contributed by atoms with Gasteiger partial charge >= 0.3 is 0 Å². The van der Waals surface area contributed by atoms with Crippen LogP contribution in [0, 0.1) is 6.92 Å². The number of methoxy groups -OCH3 is 1. The summed E-state index contributed by atoms with van der Waals surface area (Å²) in [6, 6.07) is 14.3. The van der Waals surface area contributed by atoms with Crippen LogP contribution in [0.1, 0.15) is 15.4 Å². The number of benzene rings is 2. The number of amides is 2. The minimum atomic E-state index is -0.297. The number of hydrogen-bond donors (Lipinski definition) is 1. The predicted molar refractivity (Wildman–Crippen MR) is 116 cm³/mol. The molecule has 0 bridgehead atoms. The van der Waals surface area contributed by atoms with E-state index in [1.165, 1.54) is 16.2 Å². The fourth-order valence-electron chi connectivity index (χ4n) is 2.67. The Kier molecular flexibility index (Phi) is 6.51. The molecule has 0 fully saturated rings. The number of hydrogen-bond acceptors (Lipinski definition) is 5. The standard InChI is InChI=1S/C21H20ClN3O3S/c1-13-19(29-20(23-13)14-7-9-15(22)10-8-14)21(27)25(2)12-18(26)24-16-5-4-6-17(11-16)28-3/h4-11H,12H2,1-3H3,(H,24,26). The van der Waals surface area contributed by atoms with Gasteiger partial charge in [0.1, 0.15) is 15.6 Å². The molecule has 3 rings (SSSR count). The number of rotatable bonds is 6. The van der Waals surface area contributed by atoms with Crippen molar-refractivity contribution in [3.05, 3.63) is 64.1 Å². The van der Waals surface area contributed by atoms with Crippen LogP contribution in [0.25, 0.3) is 10.6 Å². The van der Waals surface area contributed by atoms with E-state index in [9.17, 15) is 9.59 Å². The van der Waals surface area contributed by atoms with Crippen LogP contribution in [0.3, 0.4) is 0 Å². The second kappa shape index (κ2) is 9.07. The van der Waals surface area contributed by atoms with E-state index in [4.69, 9.17) is 16.3 Å². The molecule has 0 aliphatic rings. The molecule has 2 amide bonds. The topological polar surface area (TPSA) is 71.5 Å². The molecular formula is C21H20ClN3O3S. The van der Waals surface area contributed by atoms with E-state index >= 15 is 0 Å². The highest BCUT2D eigenvalue weighted by Crippen LogP contribution is 2.29. The number of halogens is 1. The number of carbonyl (C=O) groups excluding carboxylic acids is 2. The summed E-state index contributed by atoms with van der Waals surface area (Å²) in [5.74, 6) is 0.0949. The van der Waals surface area contributed by atoms with E-state index in [1.807, 2.05) is 12.1 Å². The maximum atomic E-state index is 12.8. The van der Waals surface area contributed by atoms with Crippen LogP contribution in [0.5, 0.6) is 5.75 Å². The minimum absolute atomic E-state index is 0.0797. The van der Waals surface area contributed by atoms with Gasteiger partial charge in [-0.1, -0.05) is 29.8 Å². The molecule has 29 heavy (non-hydrogen) atoms. The number of aromatic nitrogens is 1. The molecule has 150 valence electrons. The van der Waals surface area contributed by atoms with E-state index < -0.39 is 0 Å². The van der Waals surface area contributed by atoms with E-state index in [1.54, 1.807) is 57.5 Å². The quantitative estimate of drug-likeness (QED) is 0.626. The molecule has 3 aromatic rings. The number of nitrogens with one attached hydrogen (secondary N) is 1. The van der Waals surface area contributed by atoms with E-state index in [0.29, 0.717) is 27.0 Å². The van der Waals surface area contributed by atoms with Crippen molar-refractivity contribution in [2.75, 3.05) is 26.0 Å². The highest BCUT2D eigenvalue weighted by Gasteiger charge is 2.21. The van der Waals surface area contributed by atoms with Gasteiger partial charge in [-0.2, -0.15) is 0 Å². The summed E-state index contributed by atoms with van der Waals surface area (Å²) in [6.07, 6.45) is 0. The molecule has 0 aliphatic heterocycles. The molecule has 2 aromatic carbocycles. The Hall–Kier alpha value is -2.90. The summed E-state index contributed by atoms with van der Waals surface area (Å²) in [7, 11) is 3.15. The summed E-state index contributed by atoms with van der Waals surface area (Å²) < 4.78 is 5.14. The van der Waals surface area contributed by atoms with Gasteiger partial charge in [0.05, 0.1) is 19.3 Å². The molecule has 0 radical (unpaired) electrons. The Bertz CT molecular complexity index is 1030. The van der Waals surface area contributed by atoms with E-state index in [2.05, 4.69) is 10.3 Å². The number of thiazole rings is 1. The third kappa shape index (κ3) is 5.13. The normalized spacial score (nSPS) is 10.5. The predicted octanol–water partition coefficient (Wildman–Crippen LogP) is 4.49. The number of nitrogens with zero attached hydrogens (tertiary/aromatic N) is 2. The zero-order valence-electron chi connectivity index (χ0n) is 16.2. The lowest BCUT2D eigenvalue weighted by Crippen LogP contribution is -2.34. The first-order valence-electron chi connectivity index (χ1n) is 8.80. The van der Waals surface area contributed by atoms with Gasteiger partial charge in [-0.25, -0.2) is 4.98 Å². The average Bonchev–Trinajstić information content (AvgIpc) is 3.09. The van der Waals surface area contributed by atoms with Crippen molar-refractivity contribution in [2.45, 2.75) is 6.92 Å². The SMILES string of the molecule is COc1cccc(NC(=O)CN(C)C(=O)c2sc(-c3ccc(Cl)cc3)nc2C)c1. The van der Waals surface area contributed by atoms with Crippen molar-refractivity contribution < 1.29 is 14.3 Å². The molecule has 0 unspecified atom stereocenters. The lowest BCUT2D eigenvalue weighted by Gasteiger charge is -2.16. The monoisotopic (exact) mass is 429 g/mol. The third-order valence-electron chi connectivity index (χ3n) is 4.16. The first kappa shape index (κ1) is 20.8. The first-order valence-corrected chi connectivity index (χ1v) is 9.99. The lowest BCUT2D eigenvalue weighted by atomic mass is 10.2. The summed E-state index contributed by atoms with van der Waals surface area (Å²) in [5.41, 5.74) is 2.12. The van der Waals surface area contributed by atoms with Gasteiger partial charge in [-0.3, -0.25) is 9.59 Å². The van der Waals surface area contributed by atoms with Crippen LogP contribution in [0.2, 0.25) is 5.02 Å². The third-order valence-corrected chi connectivity index (χ3v) is 5.61. The molecule has 0 aliphatic carbocycles. The highest BCUT2D eigenvalue weighted by atomic mass is 35.5. The van der Waals surface area contributed by atoms with Gasteiger partial charge in [0, 0.05) is 29.4 Å². The Morgan fingerprint density at radius 3 is 2.62 bits per heavy atom. The first-order chi connectivity index (χ1) is 13.9. The van der Waals surface area contributed by atoms with Crippen molar-refractivity contribution in [3.8, 4) is 16.3 Å². The van der Waals surface area contributed by atoms with Crippen LogP contribution in [-0.4, -0.2) is 42.4 Å². The van der Waals surface area contributed by atoms with Gasteiger partial charge in [0.25, 0.3) is 5.91 Å². The van der Waals surface area contributed by atoms with Crippen LogP contribution in [0.4, 0.5) is 5.69 Å². The van der Waals surface area contributed by atoms with Crippen LogP contribution < -0.4 is 10.1 Å². The van der Waals surface area contributed by atoms with Gasteiger partial charge in [-0.15, -0.1) is 11.3 Å². The summed E-state index contributed by atoms with van der Waals surface area (Å²) in [6.45, 7) is 1.71. The second-order valence-corrected chi connectivity index (χ2v) is 7.82. The zero-order chi connectivity index (χ0) is 21.0. The Morgan fingerprint density at radius 1 is 1.21 bits per heavy atom. The molecule has 1 aromatic heterocycles. The molecule has 0 spiro atoms. The molecule has 6 nitrogen and oxygen atoms in total. The maximum Gasteiger partial charge on any atom is 0.266 e. The molecule has 1 N–H and O–H groups in total. The zero-order valence-corrected chi connectivity index (χ0v) is 17.8. The lowest BCUT2D eigenvalue weighted by molar-refractivity contribution is -0.116. The van der Waals surface area contributed by atoms with Crippen molar-refractivity contribution in [3.63, 3.8) is 0 Å². The van der Waals surface area contributed by atoms with Crippen molar-refractivity contribution in [1.29, 1.82) is 0 Å². The minimum Gasteiger partial charge on any atom is -0.497 e. The average molecular weight is 430 g/mol. The van der Waals surface area contributed by atoms with Crippen LogP contribution >= 0.6 is 22.9 Å². The molecule has 1 heterocycles. The Labute approximate surface area is 178 Å². The number of carbonyl (C=O) groups is 2. The maximum absolute atomic E-state index is 12.8. The molecule has 0 saturated carbocycles. The fourth-order valence-corrected chi connectivity index (χ4v) is 3.87. The number of likely N-dealkylation sites (N-methyl/N-ethyl adjacent to an activating group) is 1. The van der Waals surface area contributed by atoms with Gasteiger partial charge < -0.3 is 15.0 Å². The molecule has 0 atom stereocenters. The van der Waals surface area contributed by atoms with Crippen LogP contribution in [0.15, 0.2) is 48.5 Å². The largest absolute Gasteiger partial charge is 0.497 e. The van der Waals surface area contributed by atoms with Crippen molar-refractivity contribution in [1.82, 2.24) is 9.88 Å². The van der Waals surface area contributed by atoms with Crippen molar-refractivity contribution >= 4 is 40.4 Å². The van der Waals surface area contributed by atoms with Crippen molar-refractivity contribution in [2.24, 2.45) is 0 Å². The van der Waals surface area contributed by atoms with Gasteiger partial charge in [0.15, 0.2) is 0 Å². The molecule has 8 heteroatoms. The number of ether oxygens (including phenoxy) is 1. The highest BCUT2D eigenvalue weighted by molar-refractivity contribution is 7.17. The summed E-state index contributed by atoms with van der Waals surface area (Å²) in [5, 5.41) is 4.14. The van der Waals surface area contributed by atoms with E-state index in [0.717, 1.165) is 10.6 Å². The van der Waals surface area contributed by atoms with Gasteiger partial charge in [-0.05, 0) is 31.2 Å².